The Bertz CT molecular complexity index is 898. The van der Waals surface area contributed by atoms with Crippen molar-refractivity contribution in [2.45, 2.75) is 39.4 Å². The van der Waals surface area contributed by atoms with Gasteiger partial charge in [0.2, 0.25) is 0 Å². The molecule has 0 saturated carbocycles. The SMILES string of the molecule is COC(=O)Cc1nc(C)nc(N[C@H](C)c2cccc(C(F)(F)F)c2C)c1C=O. The van der Waals surface area contributed by atoms with Gasteiger partial charge in [-0.3, -0.25) is 9.59 Å². The van der Waals surface area contributed by atoms with Crippen LogP contribution in [0.1, 0.15) is 51.5 Å². The van der Waals surface area contributed by atoms with Crippen LogP contribution in [0.4, 0.5) is 19.0 Å². The van der Waals surface area contributed by atoms with Gasteiger partial charge in [0.1, 0.15) is 11.6 Å². The van der Waals surface area contributed by atoms with Gasteiger partial charge < -0.3 is 10.1 Å². The first-order chi connectivity index (χ1) is 13.1. The summed E-state index contributed by atoms with van der Waals surface area (Å²) in [5.74, 6) is -0.125. The third-order valence-electron chi connectivity index (χ3n) is 4.29. The zero-order valence-electron chi connectivity index (χ0n) is 15.8. The molecule has 0 aliphatic rings. The number of anilines is 1. The molecular formula is C19H20F3N3O3. The first kappa shape index (κ1) is 21.3. The van der Waals surface area contributed by atoms with Crippen molar-refractivity contribution >= 4 is 18.1 Å². The molecule has 1 aromatic carbocycles. The van der Waals surface area contributed by atoms with Gasteiger partial charge in [-0.1, -0.05) is 12.1 Å². The topological polar surface area (TPSA) is 81.2 Å². The molecule has 28 heavy (non-hydrogen) atoms. The van der Waals surface area contributed by atoms with Gasteiger partial charge in [-0.15, -0.1) is 0 Å². The minimum Gasteiger partial charge on any atom is -0.469 e. The van der Waals surface area contributed by atoms with Gasteiger partial charge in [-0.2, -0.15) is 13.2 Å². The monoisotopic (exact) mass is 395 g/mol. The van der Waals surface area contributed by atoms with Crippen LogP contribution < -0.4 is 5.32 Å². The molecule has 9 heteroatoms. The Hall–Kier alpha value is -2.97. The van der Waals surface area contributed by atoms with Gasteiger partial charge >= 0.3 is 12.1 Å². The smallest absolute Gasteiger partial charge is 0.416 e. The number of aromatic nitrogens is 2. The van der Waals surface area contributed by atoms with E-state index in [0.29, 0.717) is 17.7 Å². The summed E-state index contributed by atoms with van der Waals surface area (Å²) in [4.78, 5) is 31.4. The highest BCUT2D eigenvalue weighted by atomic mass is 19.4. The number of esters is 1. The molecule has 2 aromatic rings. The van der Waals surface area contributed by atoms with E-state index in [2.05, 4.69) is 20.0 Å². The average Bonchev–Trinajstić information content (AvgIpc) is 2.60. The summed E-state index contributed by atoms with van der Waals surface area (Å²) in [6.45, 7) is 4.64. The molecule has 0 radical (unpaired) electrons. The number of methoxy groups -OCH3 is 1. The highest BCUT2D eigenvalue weighted by molar-refractivity contribution is 5.86. The minimum absolute atomic E-state index is 0.0625. The van der Waals surface area contributed by atoms with Gasteiger partial charge in [0, 0.05) is 0 Å². The summed E-state index contributed by atoms with van der Waals surface area (Å²) in [6, 6.07) is 3.34. The number of aldehydes is 1. The molecule has 6 nitrogen and oxygen atoms in total. The number of alkyl halides is 3. The number of carbonyl (C=O) groups is 2. The fourth-order valence-electron chi connectivity index (χ4n) is 2.93. The molecule has 0 bridgehead atoms. The van der Waals surface area contributed by atoms with Crippen LogP contribution in [0.25, 0.3) is 0 Å². The van der Waals surface area contributed by atoms with Gasteiger partial charge in [-0.05, 0) is 38.0 Å². The summed E-state index contributed by atoms with van der Waals surface area (Å²) in [5.41, 5.74) is 0.0254. The van der Waals surface area contributed by atoms with Gasteiger partial charge in [0.05, 0.1) is 36.4 Å². The second kappa shape index (κ2) is 8.37. The standard InChI is InChI=1S/C19H20F3N3O3/c1-10-13(6-5-7-15(10)19(20,21)22)11(2)23-18-14(9-26)16(8-17(27)28-4)24-12(3)25-18/h5-7,9,11H,8H2,1-4H3,(H,23,24,25)/t11-/m1/s1. The summed E-state index contributed by atoms with van der Waals surface area (Å²) < 4.78 is 44.1. The second-order valence-corrected chi connectivity index (χ2v) is 6.23. The first-order valence-corrected chi connectivity index (χ1v) is 8.41. The maximum absolute atomic E-state index is 13.2. The van der Waals surface area contributed by atoms with Crippen LogP contribution in [0, 0.1) is 13.8 Å². The number of benzene rings is 1. The number of ether oxygens (including phenoxy) is 1. The largest absolute Gasteiger partial charge is 0.469 e. The third kappa shape index (κ3) is 4.65. The number of nitrogens with one attached hydrogen (secondary N) is 1. The molecular weight excluding hydrogens is 375 g/mol. The molecule has 0 amide bonds. The fraction of sp³-hybridized carbons (Fsp3) is 0.368. The van der Waals surface area contributed by atoms with Crippen LogP contribution in [0.15, 0.2) is 18.2 Å². The van der Waals surface area contributed by atoms with Crippen LogP contribution in [0.2, 0.25) is 0 Å². The lowest BCUT2D eigenvalue weighted by atomic mass is 9.97. The maximum Gasteiger partial charge on any atom is 0.416 e. The molecule has 0 saturated heterocycles. The van der Waals surface area contributed by atoms with Crippen molar-refractivity contribution in [1.29, 1.82) is 0 Å². The van der Waals surface area contributed by atoms with E-state index >= 15 is 0 Å². The zero-order chi connectivity index (χ0) is 21.1. The molecule has 2 rings (SSSR count). The Kier molecular flexibility index (Phi) is 6.37. The third-order valence-corrected chi connectivity index (χ3v) is 4.29. The Morgan fingerprint density at radius 2 is 1.96 bits per heavy atom. The lowest BCUT2D eigenvalue weighted by Gasteiger charge is -2.21. The molecule has 0 unspecified atom stereocenters. The number of hydrogen-bond acceptors (Lipinski definition) is 6. The van der Waals surface area contributed by atoms with Crippen LogP contribution in [-0.4, -0.2) is 29.3 Å². The van der Waals surface area contributed by atoms with Crippen LogP contribution in [0.5, 0.6) is 0 Å². The average molecular weight is 395 g/mol. The van der Waals surface area contributed by atoms with Crippen molar-refractivity contribution in [2.75, 3.05) is 12.4 Å². The van der Waals surface area contributed by atoms with Crippen molar-refractivity contribution in [3.63, 3.8) is 0 Å². The number of hydrogen-bond donors (Lipinski definition) is 1. The Labute approximate surface area is 160 Å². The van der Waals surface area contributed by atoms with E-state index in [0.717, 1.165) is 6.07 Å². The molecule has 1 heterocycles. The fourth-order valence-corrected chi connectivity index (χ4v) is 2.93. The number of halogens is 3. The minimum atomic E-state index is -4.47. The summed E-state index contributed by atoms with van der Waals surface area (Å²) >= 11 is 0. The van der Waals surface area contributed by atoms with Crippen LogP contribution >= 0.6 is 0 Å². The highest BCUT2D eigenvalue weighted by Gasteiger charge is 2.33. The molecule has 1 aromatic heterocycles. The number of nitrogens with zero attached hydrogens (tertiary/aromatic N) is 2. The number of aryl methyl sites for hydroxylation is 1. The number of rotatable bonds is 6. The zero-order valence-corrected chi connectivity index (χ0v) is 15.8. The van der Waals surface area contributed by atoms with E-state index in [1.54, 1.807) is 19.9 Å². The van der Waals surface area contributed by atoms with Gasteiger partial charge in [0.25, 0.3) is 0 Å². The normalized spacial score (nSPS) is 12.4. The predicted molar refractivity (Wildman–Crippen MR) is 96.1 cm³/mol. The molecule has 1 N–H and O–H groups in total. The molecule has 0 fully saturated rings. The van der Waals surface area contributed by atoms with E-state index in [1.165, 1.54) is 20.1 Å². The molecule has 1 atom stereocenters. The lowest BCUT2D eigenvalue weighted by molar-refractivity contribution is -0.140. The number of carbonyl (C=O) groups excluding carboxylic acids is 2. The van der Waals surface area contributed by atoms with Crippen molar-refractivity contribution in [3.05, 3.63) is 52.0 Å². The van der Waals surface area contributed by atoms with Gasteiger partial charge in [0.15, 0.2) is 6.29 Å². The molecule has 0 aliphatic heterocycles. The van der Waals surface area contributed by atoms with E-state index in [1.807, 2.05) is 0 Å². The molecule has 150 valence electrons. The van der Waals surface area contributed by atoms with Gasteiger partial charge in [-0.25, -0.2) is 9.97 Å². The Morgan fingerprint density at radius 3 is 2.54 bits per heavy atom. The highest BCUT2D eigenvalue weighted by Crippen LogP contribution is 2.35. The lowest BCUT2D eigenvalue weighted by Crippen LogP contribution is -2.17. The van der Waals surface area contributed by atoms with Crippen LogP contribution in [0.3, 0.4) is 0 Å². The quantitative estimate of drug-likeness (QED) is 0.592. The predicted octanol–water partition coefficient (Wildman–Crippen LogP) is 3.81. The summed E-state index contributed by atoms with van der Waals surface area (Å²) in [6.07, 6.45) is -4.18. The Balaban J connectivity index is 2.43. The van der Waals surface area contributed by atoms with E-state index < -0.39 is 23.8 Å². The molecule has 0 aliphatic carbocycles. The van der Waals surface area contributed by atoms with Crippen molar-refractivity contribution in [3.8, 4) is 0 Å². The first-order valence-electron chi connectivity index (χ1n) is 8.41. The Morgan fingerprint density at radius 1 is 1.29 bits per heavy atom. The maximum atomic E-state index is 13.2. The summed E-state index contributed by atoms with van der Waals surface area (Å²) in [5, 5.41) is 2.97. The molecule has 0 spiro atoms. The van der Waals surface area contributed by atoms with Crippen molar-refractivity contribution in [1.82, 2.24) is 9.97 Å². The van der Waals surface area contributed by atoms with Crippen LogP contribution in [-0.2, 0) is 22.1 Å². The van der Waals surface area contributed by atoms with E-state index in [4.69, 9.17) is 0 Å². The van der Waals surface area contributed by atoms with Crippen molar-refractivity contribution in [2.24, 2.45) is 0 Å². The van der Waals surface area contributed by atoms with Crippen molar-refractivity contribution < 1.29 is 27.5 Å². The van der Waals surface area contributed by atoms with E-state index in [-0.39, 0.29) is 29.1 Å². The summed E-state index contributed by atoms with van der Waals surface area (Å²) in [7, 11) is 1.22. The second-order valence-electron chi connectivity index (χ2n) is 6.23. The van der Waals surface area contributed by atoms with E-state index in [9.17, 15) is 22.8 Å².